The van der Waals surface area contributed by atoms with Crippen LogP contribution in [0.5, 0.6) is 0 Å². The Morgan fingerprint density at radius 2 is 1.95 bits per heavy atom. The molecule has 1 amide bonds. The largest absolute Gasteiger partial charge is 0.480 e. The molecule has 6 nitrogen and oxygen atoms in total. The van der Waals surface area contributed by atoms with Gasteiger partial charge >= 0.3 is 12.1 Å². The van der Waals surface area contributed by atoms with E-state index in [1.165, 1.54) is 19.3 Å². The molecule has 1 saturated carbocycles. The van der Waals surface area contributed by atoms with E-state index >= 15 is 0 Å². The maximum atomic E-state index is 11.5. The van der Waals surface area contributed by atoms with Crippen molar-refractivity contribution in [2.75, 3.05) is 6.61 Å². The van der Waals surface area contributed by atoms with E-state index in [-0.39, 0.29) is 6.61 Å². The zero-order valence-electron chi connectivity index (χ0n) is 13.4. The number of aliphatic carboxylic acids is 1. The third-order valence-corrected chi connectivity index (χ3v) is 4.25. The second-order valence-electron chi connectivity index (χ2n) is 6.10. The van der Waals surface area contributed by atoms with Gasteiger partial charge in [0.1, 0.15) is 0 Å². The fourth-order valence-electron chi connectivity index (χ4n) is 2.85. The van der Waals surface area contributed by atoms with Gasteiger partial charge in [-0.3, -0.25) is 0 Å². The molecule has 0 aromatic carbocycles. The van der Waals surface area contributed by atoms with Crippen molar-refractivity contribution in [1.82, 2.24) is 5.32 Å². The fraction of sp³-hybridized carbons (Fsp3) is 0.875. The highest BCUT2D eigenvalue weighted by atomic mass is 16.5. The first-order valence-corrected chi connectivity index (χ1v) is 8.38. The topological polar surface area (TPSA) is 95.9 Å². The molecule has 0 radical (unpaired) electrons. The van der Waals surface area contributed by atoms with E-state index in [1.807, 2.05) is 6.92 Å². The summed E-state index contributed by atoms with van der Waals surface area (Å²) >= 11 is 0. The molecule has 1 fully saturated rings. The molecule has 6 heteroatoms. The van der Waals surface area contributed by atoms with Crippen molar-refractivity contribution in [2.45, 2.75) is 76.9 Å². The van der Waals surface area contributed by atoms with Crippen LogP contribution in [0.2, 0.25) is 0 Å². The van der Waals surface area contributed by atoms with Crippen molar-refractivity contribution in [2.24, 2.45) is 5.92 Å². The second kappa shape index (κ2) is 10.4. The summed E-state index contributed by atoms with van der Waals surface area (Å²) < 4.78 is 4.88. The van der Waals surface area contributed by atoms with Crippen LogP contribution in [0.15, 0.2) is 0 Å². The van der Waals surface area contributed by atoms with Crippen LogP contribution in [0, 0.1) is 5.92 Å². The number of alkyl carbamates (subject to hydrolysis) is 1. The van der Waals surface area contributed by atoms with Gasteiger partial charge in [0.05, 0.1) is 12.7 Å². The SMILES string of the molecule is CCCCOC(=O)NC(C(=O)O)C(O)CCC1CCCCC1. The zero-order chi connectivity index (χ0) is 16.4. The van der Waals surface area contributed by atoms with Gasteiger partial charge in [0, 0.05) is 0 Å². The molecule has 0 spiro atoms. The van der Waals surface area contributed by atoms with Crippen molar-refractivity contribution >= 4 is 12.1 Å². The average molecular weight is 315 g/mol. The van der Waals surface area contributed by atoms with Crippen LogP contribution < -0.4 is 5.32 Å². The van der Waals surface area contributed by atoms with E-state index in [0.29, 0.717) is 12.3 Å². The summed E-state index contributed by atoms with van der Waals surface area (Å²) in [5.41, 5.74) is 0. The van der Waals surface area contributed by atoms with E-state index in [2.05, 4.69) is 5.32 Å². The van der Waals surface area contributed by atoms with E-state index in [9.17, 15) is 19.8 Å². The number of amides is 1. The number of carboxylic acids is 1. The number of nitrogens with one attached hydrogen (secondary N) is 1. The number of carboxylic acid groups (broad SMARTS) is 1. The van der Waals surface area contributed by atoms with Crippen LogP contribution in [0.3, 0.4) is 0 Å². The molecule has 1 aliphatic rings. The van der Waals surface area contributed by atoms with E-state index in [0.717, 1.165) is 32.1 Å². The summed E-state index contributed by atoms with van der Waals surface area (Å²) in [5, 5.41) is 21.5. The second-order valence-corrected chi connectivity index (χ2v) is 6.10. The van der Waals surface area contributed by atoms with Crippen LogP contribution in [0.4, 0.5) is 4.79 Å². The number of unbranched alkanes of at least 4 members (excludes halogenated alkanes) is 1. The van der Waals surface area contributed by atoms with Gasteiger partial charge in [-0.05, 0) is 25.2 Å². The van der Waals surface area contributed by atoms with Gasteiger partial charge in [-0.15, -0.1) is 0 Å². The first-order chi connectivity index (χ1) is 10.5. The summed E-state index contributed by atoms with van der Waals surface area (Å²) in [7, 11) is 0. The first-order valence-electron chi connectivity index (χ1n) is 8.38. The van der Waals surface area contributed by atoms with Gasteiger partial charge < -0.3 is 20.3 Å². The maximum absolute atomic E-state index is 11.5. The molecule has 0 aromatic rings. The minimum Gasteiger partial charge on any atom is -0.480 e. The predicted molar refractivity (Wildman–Crippen MR) is 82.6 cm³/mol. The molecule has 0 saturated heterocycles. The lowest BCUT2D eigenvalue weighted by Gasteiger charge is -2.25. The Balaban J connectivity index is 2.36. The lowest BCUT2D eigenvalue weighted by molar-refractivity contribution is -0.142. The Hall–Kier alpha value is -1.30. The Morgan fingerprint density at radius 3 is 2.55 bits per heavy atom. The predicted octanol–water partition coefficient (Wildman–Crippen LogP) is 2.69. The van der Waals surface area contributed by atoms with E-state index in [4.69, 9.17) is 4.74 Å². The zero-order valence-corrected chi connectivity index (χ0v) is 13.4. The molecule has 128 valence electrons. The normalized spacial score (nSPS) is 18.5. The highest BCUT2D eigenvalue weighted by molar-refractivity contribution is 5.80. The number of aliphatic hydroxyl groups excluding tert-OH is 1. The number of hydrogen-bond acceptors (Lipinski definition) is 4. The number of hydrogen-bond donors (Lipinski definition) is 3. The Morgan fingerprint density at radius 1 is 1.27 bits per heavy atom. The summed E-state index contributed by atoms with van der Waals surface area (Å²) in [5.74, 6) is -0.669. The summed E-state index contributed by atoms with van der Waals surface area (Å²) in [6, 6.07) is -1.31. The van der Waals surface area contributed by atoms with Gasteiger partial charge in [0.15, 0.2) is 6.04 Å². The number of carbonyl (C=O) groups excluding carboxylic acids is 1. The van der Waals surface area contributed by atoms with E-state index < -0.39 is 24.2 Å². The smallest absolute Gasteiger partial charge is 0.407 e. The third kappa shape index (κ3) is 7.11. The third-order valence-electron chi connectivity index (χ3n) is 4.25. The molecule has 2 atom stereocenters. The molecule has 0 aromatic heterocycles. The van der Waals surface area contributed by atoms with Gasteiger partial charge in [-0.25, -0.2) is 9.59 Å². The molecule has 1 rings (SSSR count). The Kier molecular flexibility index (Phi) is 8.89. The van der Waals surface area contributed by atoms with Crippen LogP contribution in [0.1, 0.15) is 64.7 Å². The van der Waals surface area contributed by atoms with E-state index in [1.54, 1.807) is 0 Å². The lowest BCUT2D eigenvalue weighted by Crippen LogP contribution is -2.49. The Bertz CT molecular complexity index is 341. The molecule has 0 aliphatic heterocycles. The number of aliphatic hydroxyl groups is 1. The number of ether oxygens (including phenoxy) is 1. The highest BCUT2D eigenvalue weighted by Crippen LogP contribution is 2.28. The van der Waals surface area contributed by atoms with Crippen LogP contribution in [0.25, 0.3) is 0 Å². The summed E-state index contributed by atoms with van der Waals surface area (Å²) in [6.45, 7) is 2.23. The minimum absolute atomic E-state index is 0.257. The van der Waals surface area contributed by atoms with Crippen molar-refractivity contribution in [3.63, 3.8) is 0 Å². The maximum Gasteiger partial charge on any atom is 0.407 e. The standard InChI is InChI=1S/C16H29NO5/c1-2-3-11-22-16(21)17-14(15(19)20)13(18)10-9-12-7-5-4-6-8-12/h12-14,18H,2-11H2,1H3,(H,17,21)(H,19,20). The quantitative estimate of drug-likeness (QED) is 0.569. The number of carbonyl (C=O) groups is 2. The molecular formula is C16H29NO5. The first kappa shape index (κ1) is 18.7. The minimum atomic E-state index is -1.31. The van der Waals surface area contributed by atoms with Crippen molar-refractivity contribution < 1.29 is 24.5 Å². The molecule has 22 heavy (non-hydrogen) atoms. The van der Waals surface area contributed by atoms with Crippen LogP contribution in [-0.2, 0) is 9.53 Å². The lowest BCUT2D eigenvalue weighted by atomic mass is 9.85. The van der Waals surface area contributed by atoms with Crippen LogP contribution in [-0.4, -0.2) is 41.0 Å². The Labute approximate surface area is 132 Å². The van der Waals surface area contributed by atoms with Gasteiger partial charge in [-0.1, -0.05) is 45.4 Å². The molecule has 0 heterocycles. The number of rotatable bonds is 9. The molecular weight excluding hydrogens is 286 g/mol. The fourth-order valence-corrected chi connectivity index (χ4v) is 2.85. The van der Waals surface area contributed by atoms with Gasteiger partial charge in [-0.2, -0.15) is 0 Å². The van der Waals surface area contributed by atoms with Gasteiger partial charge in [0.25, 0.3) is 0 Å². The van der Waals surface area contributed by atoms with Crippen molar-refractivity contribution in [3.05, 3.63) is 0 Å². The van der Waals surface area contributed by atoms with Crippen LogP contribution >= 0.6 is 0 Å². The molecule has 0 bridgehead atoms. The summed E-state index contributed by atoms with van der Waals surface area (Å²) in [4.78, 5) is 22.8. The van der Waals surface area contributed by atoms with Crippen molar-refractivity contribution in [3.8, 4) is 0 Å². The van der Waals surface area contributed by atoms with Crippen molar-refractivity contribution in [1.29, 1.82) is 0 Å². The monoisotopic (exact) mass is 315 g/mol. The molecule has 1 aliphatic carbocycles. The highest BCUT2D eigenvalue weighted by Gasteiger charge is 2.29. The average Bonchev–Trinajstić information content (AvgIpc) is 2.51. The molecule has 2 unspecified atom stereocenters. The van der Waals surface area contributed by atoms with Gasteiger partial charge in [0.2, 0.25) is 0 Å². The summed E-state index contributed by atoms with van der Waals surface area (Å²) in [6.07, 6.45) is 6.94. The molecule has 3 N–H and O–H groups in total.